The maximum absolute atomic E-state index is 12.5. The molecule has 0 spiro atoms. The first kappa shape index (κ1) is 21.5. The Bertz CT molecular complexity index is 882. The summed E-state index contributed by atoms with van der Waals surface area (Å²) < 4.78 is 10.5. The van der Waals surface area contributed by atoms with E-state index in [0.717, 1.165) is 12.2 Å². The van der Waals surface area contributed by atoms with Gasteiger partial charge in [0.1, 0.15) is 5.75 Å². The normalized spacial score (nSPS) is 13.9. The first-order chi connectivity index (χ1) is 14.5. The molecule has 30 heavy (non-hydrogen) atoms. The van der Waals surface area contributed by atoms with Crippen LogP contribution in [0.5, 0.6) is 5.75 Å². The number of benzene rings is 1. The van der Waals surface area contributed by atoms with Crippen LogP contribution in [0.2, 0.25) is 0 Å². The zero-order valence-electron chi connectivity index (χ0n) is 17.4. The van der Waals surface area contributed by atoms with Crippen molar-refractivity contribution in [3.05, 3.63) is 47.3 Å². The molecule has 8 heteroatoms. The van der Waals surface area contributed by atoms with Gasteiger partial charge >= 0.3 is 0 Å². The van der Waals surface area contributed by atoms with Gasteiger partial charge in [0.2, 0.25) is 11.7 Å². The quantitative estimate of drug-likeness (QED) is 0.618. The summed E-state index contributed by atoms with van der Waals surface area (Å²) >= 11 is 0. The highest BCUT2D eigenvalue weighted by Gasteiger charge is 2.27. The van der Waals surface area contributed by atoms with Crippen molar-refractivity contribution in [3.63, 3.8) is 0 Å². The zero-order chi connectivity index (χ0) is 21.5. The van der Waals surface area contributed by atoms with E-state index in [4.69, 9.17) is 9.26 Å². The topological polar surface area (TPSA) is 93.0 Å². The minimum absolute atomic E-state index is 0.0695. The number of Topliss-reactive ketones (excluding diaryl/α,β-unsaturated/α-hetero) is 1. The van der Waals surface area contributed by atoms with Gasteiger partial charge in [-0.3, -0.25) is 14.4 Å². The van der Waals surface area contributed by atoms with Crippen LogP contribution in [-0.2, 0) is 4.79 Å². The van der Waals surface area contributed by atoms with E-state index in [0.29, 0.717) is 44.0 Å². The second-order valence-corrected chi connectivity index (χ2v) is 7.30. The second kappa shape index (κ2) is 10.0. The average molecular weight is 413 g/mol. The van der Waals surface area contributed by atoms with Gasteiger partial charge in [-0.2, -0.15) is 0 Å². The number of nitrogens with zero attached hydrogens (tertiary/aromatic N) is 3. The number of ketones is 1. The van der Waals surface area contributed by atoms with E-state index in [-0.39, 0.29) is 36.2 Å². The van der Waals surface area contributed by atoms with Gasteiger partial charge in [-0.15, -0.1) is 0 Å². The van der Waals surface area contributed by atoms with Gasteiger partial charge in [-0.25, -0.2) is 0 Å². The van der Waals surface area contributed by atoms with Crippen molar-refractivity contribution < 1.29 is 23.6 Å². The summed E-state index contributed by atoms with van der Waals surface area (Å²) in [6.45, 7) is 6.16. The van der Waals surface area contributed by atoms with Crippen LogP contribution in [0.1, 0.15) is 52.8 Å². The molecule has 1 aromatic carbocycles. The third kappa shape index (κ3) is 5.46. The maximum Gasteiger partial charge on any atom is 0.292 e. The van der Waals surface area contributed by atoms with Gasteiger partial charge in [0, 0.05) is 50.7 Å². The molecular formula is C22H27N3O5. The molecular weight excluding hydrogens is 386 g/mol. The lowest BCUT2D eigenvalue weighted by atomic mass is 10.1. The van der Waals surface area contributed by atoms with Gasteiger partial charge in [0.25, 0.3) is 5.91 Å². The molecule has 0 saturated carbocycles. The monoisotopic (exact) mass is 413 g/mol. The Kier molecular flexibility index (Phi) is 7.21. The Hall–Kier alpha value is -3.16. The number of carbonyl (C=O) groups excluding carboxylic acids is 3. The van der Waals surface area contributed by atoms with E-state index in [1.165, 1.54) is 0 Å². The molecule has 3 rings (SSSR count). The number of amides is 2. The van der Waals surface area contributed by atoms with E-state index < -0.39 is 0 Å². The molecule has 1 aliphatic heterocycles. The number of ether oxygens (including phenoxy) is 1. The number of hydrogen-bond acceptors (Lipinski definition) is 6. The van der Waals surface area contributed by atoms with Crippen LogP contribution in [0.15, 0.2) is 34.9 Å². The molecule has 0 radical (unpaired) electrons. The van der Waals surface area contributed by atoms with E-state index in [2.05, 4.69) is 5.16 Å². The fourth-order valence-electron chi connectivity index (χ4n) is 3.26. The first-order valence-electron chi connectivity index (χ1n) is 10.2. The molecule has 2 heterocycles. The van der Waals surface area contributed by atoms with Crippen LogP contribution in [-0.4, -0.2) is 65.3 Å². The number of hydrogen-bond donors (Lipinski definition) is 0. The lowest BCUT2D eigenvalue weighted by Crippen LogP contribution is -2.50. The van der Waals surface area contributed by atoms with Crippen molar-refractivity contribution in [2.24, 2.45) is 0 Å². The highest BCUT2D eigenvalue weighted by molar-refractivity contribution is 5.98. The van der Waals surface area contributed by atoms with Crippen molar-refractivity contribution in [1.29, 1.82) is 0 Å². The van der Waals surface area contributed by atoms with Crippen molar-refractivity contribution in [3.8, 4) is 5.75 Å². The Labute approximate surface area is 175 Å². The van der Waals surface area contributed by atoms with Gasteiger partial charge < -0.3 is 19.1 Å². The molecule has 2 aromatic rings. The summed E-state index contributed by atoms with van der Waals surface area (Å²) in [4.78, 5) is 40.6. The van der Waals surface area contributed by atoms with E-state index in [1.807, 2.05) is 6.92 Å². The zero-order valence-corrected chi connectivity index (χ0v) is 17.4. The lowest BCUT2D eigenvalue weighted by molar-refractivity contribution is -0.132. The predicted octanol–water partition coefficient (Wildman–Crippen LogP) is 2.72. The van der Waals surface area contributed by atoms with Gasteiger partial charge in [0.05, 0.1) is 12.3 Å². The largest absolute Gasteiger partial charge is 0.494 e. The smallest absolute Gasteiger partial charge is 0.292 e. The van der Waals surface area contributed by atoms with Crippen LogP contribution in [0.3, 0.4) is 0 Å². The summed E-state index contributed by atoms with van der Waals surface area (Å²) in [7, 11) is 0. The van der Waals surface area contributed by atoms with E-state index in [9.17, 15) is 14.4 Å². The first-order valence-corrected chi connectivity index (χ1v) is 10.2. The standard InChI is InChI=1S/C22H27N3O5/c1-3-14-29-18-6-4-17(5-7-18)19(26)8-9-21(27)24-10-12-25(13-11-24)22(28)20-15-16(2)23-30-20/h4-7,15H,3,8-14H2,1-2H3. The van der Waals surface area contributed by atoms with Crippen molar-refractivity contribution >= 4 is 17.6 Å². The second-order valence-electron chi connectivity index (χ2n) is 7.30. The van der Waals surface area contributed by atoms with Gasteiger partial charge in [0.15, 0.2) is 5.78 Å². The van der Waals surface area contributed by atoms with Crippen molar-refractivity contribution in [2.45, 2.75) is 33.1 Å². The molecule has 0 aliphatic carbocycles. The molecule has 1 aliphatic rings. The fourth-order valence-corrected chi connectivity index (χ4v) is 3.26. The van der Waals surface area contributed by atoms with Gasteiger partial charge in [-0.05, 0) is 37.6 Å². The molecule has 0 bridgehead atoms. The minimum Gasteiger partial charge on any atom is -0.494 e. The Balaban J connectivity index is 1.43. The van der Waals surface area contributed by atoms with Crippen LogP contribution >= 0.6 is 0 Å². The molecule has 0 unspecified atom stereocenters. The Morgan fingerprint density at radius 3 is 2.30 bits per heavy atom. The molecule has 2 amide bonds. The highest BCUT2D eigenvalue weighted by Crippen LogP contribution is 2.15. The van der Waals surface area contributed by atoms with Crippen LogP contribution < -0.4 is 4.74 Å². The summed E-state index contributed by atoms with van der Waals surface area (Å²) in [5, 5.41) is 3.73. The minimum atomic E-state index is -0.218. The molecule has 160 valence electrons. The molecule has 1 aromatic heterocycles. The highest BCUT2D eigenvalue weighted by atomic mass is 16.5. The Morgan fingerprint density at radius 2 is 1.70 bits per heavy atom. The van der Waals surface area contributed by atoms with Crippen molar-refractivity contribution in [2.75, 3.05) is 32.8 Å². The SMILES string of the molecule is CCCOc1ccc(C(=O)CCC(=O)N2CCN(C(=O)c3cc(C)no3)CC2)cc1. The molecule has 0 N–H and O–H groups in total. The molecule has 1 saturated heterocycles. The summed E-state index contributed by atoms with van der Waals surface area (Å²) in [5.41, 5.74) is 1.23. The molecule has 1 fully saturated rings. The van der Waals surface area contributed by atoms with Crippen LogP contribution in [0.4, 0.5) is 0 Å². The number of aromatic nitrogens is 1. The molecule has 0 atom stereocenters. The third-order valence-corrected chi connectivity index (χ3v) is 4.97. The van der Waals surface area contributed by atoms with Crippen LogP contribution in [0, 0.1) is 6.92 Å². The summed E-state index contributed by atoms with van der Waals surface area (Å²) in [6.07, 6.45) is 1.23. The van der Waals surface area contributed by atoms with Crippen molar-refractivity contribution in [1.82, 2.24) is 15.0 Å². The Morgan fingerprint density at radius 1 is 1.03 bits per heavy atom. The fraction of sp³-hybridized carbons (Fsp3) is 0.455. The lowest BCUT2D eigenvalue weighted by Gasteiger charge is -2.34. The van der Waals surface area contributed by atoms with Crippen LogP contribution in [0.25, 0.3) is 0 Å². The summed E-state index contributed by atoms with van der Waals surface area (Å²) in [6, 6.07) is 8.61. The summed E-state index contributed by atoms with van der Waals surface area (Å²) in [5.74, 6) is 0.583. The predicted molar refractivity (Wildman–Crippen MR) is 110 cm³/mol. The third-order valence-electron chi connectivity index (χ3n) is 4.97. The number of rotatable bonds is 8. The molecule has 8 nitrogen and oxygen atoms in total. The van der Waals surface area contributed by atoms with E-state index >= 15 is 0 Å². The number of aryl methyl sites for hydroxylation is 1. The average Bonchev–Trinajstić information content (AvgIpc) is 3.22. The number of carbonyl (C=O) groups is 3. The van der Waals surface area contributed by atoms with E-state index in [1.54, 1.807) is 47.1 Å². The maximum atomic E-state index is 12.5. The van der Waals surface area contributed by atoms with Gasteiger partial charge in [-0.1, -0.05) is 12.1 Å². The number of piperazine rings is 1.